The maximum Gasteiger partial charge on any atom is 0.250 e. The van der Waals surface area contributed by atoms with Crippen molar-refractivity contribution in [2.75, 3.05) is 13.2 Å². The fourth-order valence-corrected chi connectivity index (χ4v) is 3.48. The van der Waals surface area contributed by atoms with Gasteiger partial charge in [0, 0.05) is 6.92 Å². The molecule has 0 radical (unpaired) electrons. The number of hydrogen-bond donors (Lipinski definition) is 1. The normalized spacial score (nSPS) is 12.5. The Hall–Kier alpha value is -2.25. The van der Waals surface area contributed by atoms with Crippen LogP contribution in [0.1, 0.15) is 46.6 Å². The third kappa shape index (κ3) is 10.1. The first-order valence-electron chi connectivity index (χ1n) is 10.4. The molecule has 0 heterocycles. The van der Waals surface area contributed by atoms with E-state index < -0.39 is 8.32 Å². The minimum atomic E-state index is -1.89. The van der Waals surface area contributed by atoms with Gasteiger partial charge in [-0.05, 0) is 60.5 Å². The summed E-state index contributed by atoms with van der Waals surface area (Å²) in [5, 5.41) is 2.96. The second kappa shape index (κ2) is 12.0. The van der Waals surface area contributed by atoms with Gasteiger partial charge in [-0.1, -0.05) is 51.1 Å². The molecule has 1 rings (SSSR count). The standard InChI is InChI=1S/C24H35NO4SSi/c1-18(22(27)17-23(30)28-15-14-25-19(2)26)10-8-11-20-12-9-13-21(16-20)29-31(6,7)24(3,4)5/h8-13,16H,14-15,17H2,1-7H3,(H,25,26)/b11-8+,18-10+. The first-order valence-corrected chi connectivity index (χ1v) is 13.7. The van der Waals surface area contributed by atoms with Gasteiger partial charge in [-0.2, -0.15) is 0 Å². The van der Waals surface area contributed by atoms with Crippen molar-refractivity contribution in [3.8, 4) is 5.75 Å². The van der Waals surface area contributed by atoms with Crippen molar-refractivity contribution in [3.05, 3.63) is 47.6 Å². The molecule has 1 aromatic rings. The lowest BCUT2D eigenvalue weighted by molar-refractivity contribution is -0.119. The van der Waals surface area contributed by atoms with Crippen LogP contribution in [-0.2, 0) is 14.3 Å². The van der Waals surface area contributed by atoms with E-state index in [1.807, 2.05) is 36.4 Å². The Morgan fingerprint density at radius 1 is 1.19 bits per heavy atom. The minimum absolute atomic E-state index is 0.0431. The first kappa shape index (κ1) is 26.8. The summed E-state index contributed by atoms with van der Waals surface area (Å²) in [5.74, 6) is 0.643. The van der Waals surface area contributed by atoms with Crippen LogP contribution in [0.2, 0.25) is 18.1 Å². The predicted molar refractivity (Wildman–Crippen MR) is 134 cm³/mol. The van der Waals surface area contributed by atoms with Gasteiger partial charge in [0.15, 0.2) is 10.8 Å². The number of carbonyl (C=O) groups excluding carboxylic acids is 2. The summed E-state index contributed by atoms with van der Waals surface area (Å²) in [5.41, 5.74) is 1.60. The van der Waals surface area contributed by atoms with E-state index in [0.29, 0.717) is 12.1 Å². The van der Waals surface area contributed by atoms with Gasteiger partial charge in [0.25, 0.3) is 0 Å². The summed E-state index contributed by atoms with van der Waals surface area (Å²) in [6.45, 7) is 14.9. The van der Waals surface area contributed by atoms with E-state index in [2.05, 4.69) is 39.2 Å². The van der Waals surface area contributed by atoms with Crippen molar-refractivity contribution in [1.29, 1.82) is 0 Å². The van der Waals surface area contributed by atoms with Gasteiger partial charge in [-0.3, -0.25) is 9.59 Å². The zero-order chi connectivity index (χ0) is 23.7. The molecule has 0 aliphatic heterocycles. The van der Waals surface area contributed by atoms with E-state index in [4.69, 9.17) is 21.4 Å². The average molecular weight is 462 g/mol. The molecule has 0 aliphatic carbocycles. The molecule has 170 valence electrons. The van der Waals surface area contributed by atoms with Crippen LogP contribution in [-0.4, -0.2) is 38.2 Å². The Bertz CT molecular complexity index is 853. The fourth-order valence-electron chi connectivity index (χ4n) is 2.24. The van der Waals surface area contributed by atoms with Gasteiger partial charge < -0.3 is 14.5 Å². The summed E-state index contributed by atoms with van der Waals surface area (Å²) in [7, 11) is -1.89. The van der Waals surface area contributed by atoms with Crippen molar-refractivity contribution in [3.63, 3.8) is 0 Å². The largest absolute Gasteiger partial charge is 0.543 e. The molecule has 0 spiro atoms. The predicted octanol–water partition coefficient (Wildman–Crippen LogP) is 5.47. The highest BCUT2D eigenvalue weighted by atomic mass is 32.1. The van der Waals surface area contributed by atoms with Gasteiger partial charge in [-0.15, -0.1) is 0 Å². The van der Waals surface area contributed by atoms with Gasteiger partial charge >= 0.3 is 0 Å². The van der Waals surface area contributed by atoms with Gasteiger partial charge in [0.2, 0.25) is 14.2 Å². The van der Waals surface area contributed by atoms with Crippen molar-refractivity contribution in [2.24, 2.45) is 0 Å². The molecular weight excluding hydrogens is 426 g/mol. The minimum Gasteiger partial charge on any atom is -0.543 e. The molecule has 0 aliphatic rings. The fraction of sp³-hybridized carbons (Fsp3) is 0.458. The van der Waals surface area contributed by atoms with E-state index in [-0.39, 0.29) is 34.8 Å². The second-order valence-corrected chi connectivity index (χ2v) is 14.1. The lowest BCUT2D eigenvalue weighted by Crippen LogP contribution is -2.43. The summed E-state index contributed by atoms with van der Waals surface area (Å²) >= 11 is 5.09. The van der Waals surface area contributed by atoms with Gasteiger partial charge in [0.05, 0.1) is 13.0 Å². The van der Waals surface area contributed by atoms with Gasteiger partial charge in [0.1, 0.15) is 12.4 Å². The van der Waals surface area contributed by atoms with Crippen LogP contribution in [0.25, 0.3) is 6.08 Å². The molecule has 0 aromatic heterocycles. The van der Waals surface area contributed by atoms with Crippen LogP contribution in [0.5, 0.6) is 5.75 Å². The van der Waals surface area contributed by atoms with Crippen molar-refractivity contribution >= 4 is 43.4 Å². The third-order valence-electron chi connectivity index (χ3n) is 5.16. The molecule has 0 fully saturated rings. The monoisotopic (exact) mass is 461 g/mol. The molecule has 0 bridgehead atoms. The Kier molecular flexibility index (Phi) is 10.3. The highest BCUT2D eigenvalue weighted by Gasteiger charge is 2.38. The molecular formula is C24H35NO4SSi. The van der Waals surface area contributed by atoms with E-state index in [0.717, 1.165) is 11.3 Å². The maximum atomic E-state index is 12.3. The van der Waals surface area contributed by atoms with Crippen molar-refractivity contribution in [1.82, 2.24) is 5.32 Å². The highest BCUT2D eigenvalue weighted by Crippen LogP contribution is 2.37. The molecule has 1 aromatic carbocycles. The first-order chi connectivity index (χ1) is 14.3. The Labute approximate surface area is 193 Å². The molecule has 1 amide bonds. The van der Waals surface area contributed by atoms with Crippen LogP contribution in [0.3, 0.4) is 0 Å². The molecule has 0 atom stereocenters. The molecule has 7 heteroatoms. The molecule has 1 N–H and O–H groups in total. The van der Waals surface area contributed by atoms with Crippen molar-refractivity contribution < 1.29 is 18.8 Å². The molecule has 31 heavy (non-hydrogen) atoms. The quantitative estimate of drug-likeness (QED) is 0.165. The lowest BCUT2D eigenvalue weighted by atomic mass is 10.1. The Morgan fingerprint density at radius 3 is 2.48 bits per heavy atom. The smallest absolute Gasteiger partial charge is 0.250 e. The average Bonchev–Trinajstić information content (AvgIpc) is 2.64. The zero-order valence-electron chi connectivity index (χ0n) is 19.7. The number of rotatable bonds is 10. The number of ketones is 1. The number of ether oxygens (including phenoxy) is 1. The van der Waals surface area contributed by atoms with Crippen LogP contribution >= 0.6 is 12.2 Å². The highest BCUT2D eigenvalue weighted by molar-refractivity contribution is 7.80. The number of amides is 1. The summed E-state index contributed by atoms with van der Waals surface area (Å²) < 4.78 is 11.7. The number of allylic oxidation sites excluding steroid dienone is 3. The second-order valence-electron chi connectivity index (χ2n) is 8.95. The van der Waals surface area contributed by atoms with Crippen LogP contribution in [0.4, 0.5) is 0 Å². The summed E-state index contributed by atoms with van der Waals surface area (Å²) in [6.07, 6.45) is 5.60. The number of Topliss-reactive ketones (excluding diaryl/α,β-unsaturated/α-hetero) is 1. The van der Waals surface area contributed by atoms with Crippen molar-refractivity contribution in [2.45, 2.75) is 59.2 Å². The summed E-state index contributed by atoms with van der Waals surface area (Å²) in [4.78, 5) is 23.1. The number of thiocarbonyl (C=S) groups is 1. The third-order valence-corrected chi connectivity index (χ3v) is 9.78. The zero-order valence-corrected chi connectivity index (χ0v) is 21.5. The number of nitrogens with one attached hydrogen (secondary N) is 1. The topological polar surface area (TPSA) is 64.6 Å². The molecule has 0 saturated heterocycles. The van der Waals surface area contributed by atoms with Crippen LogP contribution in [0, 0.1) is 0 Å². The Morgan fingerprint density at radius 2 is 1.87 bits per heavy atom. The molecule has 5 nitrogen and oxygen atoms in total. The molecule has 0 saturated carbocycles. The van der Waals surface area contributed by atoms with Crippen LogP contribution < -0.4 is 9.74 Å². The maximum absolute atomic E-state index is 12.3. The van der Waals surface area contributed by atoms with E-state index in [1.165, 1.54) is 6.92 Å². The van der Waals surface area contributed by atoms with Crippen LogP contribution in [0.15, 0.2) is 42.0 Å². The number of benzene rings is 1. The Balaban J connectivity index is 2.64. The number of carbonyl (C=O) groups is 2. The number of hydrogen-bond acceptors (Lipinski definition) is 5. The van der Waals surface area contributed by atoms with E-state index in [1.54, 1.807) is 13.0 Å². The lowest BCUT2D eigenvalue weighted by Gasteiger charge is -2.36. The van der Waals surface area contributed by atoms with Gasteiger partial charge in [-0.25, -0.2) is 0 Å². The van der Waals surface area contributed by atoms with E-state index >= 15 is 0 Å². The summed E-state index contributed by atoms with van der Waals surface area (Å²) in [6, 6.07) is 7.97. The molecule has 0 unspecified atom stereocenters. The SMILES string of the molecule is CC(=O)NCCOC(=S)CC(=O)/C(C)=C/C=C/c1cccc(O[Si](C)(C)C(C)(C)C)c1. The van der Waals surface area contributed by atoms with E-state index in [9.17, 15) is 9.59 Å².